The molecule has 4 atom stereocenters. The van der Waals surface area contributed by atoms with Crippen molar-refractivity contribution < 1.29 is 24.1 Å². The first-order valence-electron chi connectivity index (χ1n) is 6.30. The van der Waals surface area contributed by atoms with Crippen molar-refractivity contribution in [2.24, 2.45) is 5.73 Å². The van der Waals surface area contributed by atoms with Crippen LogP contribution in [0.25, 0.3) is 0 Å². The molecule has 106 valence electrons. The zero-order valence-electron chi connectivity index (χ0n) is 11.4. The number of ether oxygens (including phenoxy) is 4. The summed E-state index contributed by atoms with van der Waals surface area (Å²) in [6.07, 6.45) is -1.90. The maximum Gasteiger partial charge on any atom is 0.164 e. The van der Waals surface area contributed by atoms with E-state index in [1.807, 2.05) is 27.7 Å². The van der Waals surface area contributed by atoms with Gasteiger partial charge < -0.3 is 29.8 Å². The number of hydrogen-bond acceptors (Lipinski definition) is 6. The minimum Gasteiger partial charge on any atom is -0.389 e. The largest absolute Gasteiger partial charge is 0.389 e. The normalized spacial score (nSPS) is 40.0. The van der Waals surface area contributed by atoms with E-state index < -0.39 is 23.8 Å². The first-order valence-corrected chi connectivity index (χ1v) is 6.30. The molecule has 2 heterocycles. The first kappa shape index (κ1) is 14.2. The Morgan fingerprint density at radius 1 is 1.17 bits per heavy atom. The molecule has 0 bridgehead atoms. The predicted octanol–water partition coefficient (Wildman–Crippen LogP) is -0.0224. The molecule has 0 radical (unpaired) electrons. The van der Waals surface area contributed by atoms with Gasteiger partial charge in [-0.3, -0.25) is 0 Å². The molecule has 18 heavy (non-hydrogen) atoms. The van der Waals surface area contributed by atoms with E-state index in [-0.39, 0.29) is 18.8 Å². The van der Waals surface area contributed by atoms with Gasteiger partial charge in [-0.15, -0.1) is 0 Å². The van der Waals surface area contributed by atoms with E-state index >= 15 is 0 Å². The lowest BCUT2D eigenvalue weighted by Crippen LogP contribution is -2.46. The van der Waals surface area contributed by atoms with Gasteiger partial charge in [-0.2, -0.15) is 0 Å². The van der Waals surface area contributed by atoms with Gasteiger partial charge in [0.1, 0.15) is 18.3 Å². The van der Waals surface area contributed by atoms with Gasteiger partial charge in [-0.1, -0.05) is 0 Å². The third-order valence-electron chi connectivity index (χ3n) is 3.18. The van der Waals surface area contributed by atoms with Crippen LogP contribution in [-0.2, 0) is 18.9 Å². The van der Waals surface area contributed by atoms with Gasteiger partial charge in [0, 0.05) is 6.54 Å². The Balaban J connectivity index is 2.10. The molecule has 2 fully saturated rings. The molecule has 0 aromatic rings. The quantitative estimate of drug-likeness (QED) is 0.743. The summed E-state index contributed by atoms with van der Waals surface area (Å²) < 4.78 is 22.8. The van der Waals surface area contributed by atoms with Crippen molar-refractivity contribution in [1.29, 1.82) is 0 Å². The van der Waals surface area contributed by atoms with Crippen LogP contribution in [0.1, 0.15) is 27.7 Å². The van der Waals surface area contributed by atoms with Crippen LogP contribution < -0.4 is 5.73 Å². The number of rotatable bonds is 3. The lowest BCUT2D eigenvalue weighted by molar-refractivity contribution is -0.175. The Labute approximate surface area is 107 Å². The lowest BCUT2D eigenvalue weighted by atomic mass is 10.0. The van der Waals surface area contributed by atoms with E-state index in [1.165, 1.54) is 0 Å². The standard InChI is InChI=1S/C12H23NO5/c1-11(2)15-6-8(16-11)10-9(7(14)5-13)17-12(3,4)18-10/h7-10,14H,5-6,13H2,1-4H3. The smallest absolute Gasteiger partial charge is 0.164 e. The van der Waals surface area contributed by atoms with Gasteiger partial charge in [-0.25, -0.2) is 0 Å². The van der Waals surface area contributed by atoms with Gasteiger partial charge in [0.15, 0.2) is 11.6 Å². The maximum absolute atomic E-state index is 9.92. The molecule has 3 N–H and O–H groups in total. The highest BCUT2D eigenvalue weighted by atomic mass is 16.8. The van der Waals surface area contributed by atoms with E-state index in [0.717, 1.165) is 0 Å². The van der Waals surface area contributed by atoms with Crippen LogP contribution >= 0.6 is 0 Å². The summed E-state index contributed by atoms with van der Waals surface area (Å²) >= 11 is 0. The van der Waals surface area contributed by atoms with Gasteiger partial charge in [0.05, 0.1) is 12.7 Å². The van der Waals surface area contributed by atoms with E-state index in [2.05, 4.69) is 0 Å². The predicted molar refractivity (Wildman–Crippen MR) is 63.8 cm³/mol. The van der Waals surface area contributed by atoms with Crippen LogP contribution in [-0.4, -0.2) is 54.2 Å². The van der Waals surface area contributed by atoms with Crippen LogP contribution in [0.2, 0.25) is 0 Å². The van der Waals surface area contributed by atoms with Crippen LogP contribution in [0, 0.1) is 0 Å². The highest BCUT2D eigenvalue weighted by Gasteiger charge is 2.51. The van der Waals surface area contributed by atoms with Gasteiger partial charge >= 0.3 is 0 Å². The monoisotopic (exact) mass is 261 g/mol. The summed E-state index contributed by atoms with van der Waals surface area (Å²) in [5.41, 5.74) is 5.50. The molecule has 6 nitrogen and oxygen atoms in total. The average molecular weight is 261 g/mol. The number of aliphatic hydroxyl groups excluding tert-OH is 1. The van der Waals surface area contributed by atoms with E-state index in [1.54, 1.807) is 0 Å². The fraction of sp³-hybridized carbons (Fsp3) is 1.00. The zero-order valence-corrected chi connectivity index (χ0v) is 11.4. The molecular weight excluding hydrogens is 238 g/mol. The van der Waals surface area contributed by atoms with Crippen LogP contribution in [0.3, 0.4) is 0 Å². The fourth-order valence-corrected chi connectivity index (χ4v) is 2.41. The minimum atomic E-state index is -0.774. The summed E-state index contributed by atoms with van der Waals surface area (Å²) in [5.74, 6) is -1.37. The van der Waals surface area contributed by atoms with Crippen molar-refractivity contribution >= 4 is 0 Å². The molecule has 0 aliphatic carbocycles. The summed E-state index contributed by atoms with van der Waals surface area (Å²) in [6.45, 7) is 7.86. The lowest BCUT2D eigenvalue weighted by Gasteiger charge is -2.25. The second-order valence-corrected chi connectivity index (χ2v) is 5.73. The zero-order chi connectivity index (χ0) is 13.6. The third kappa shape index (κ3) is 2.84. The fourth-order valence-electron chi connectivity index (χ4n) is 2.41. The summed E-state index contributed by atoms with van der Waals surface area (Å²) in [4.78, 5) is 0. The van der Waals surface area contributed by atoms with Crippen molar-refractivity contribution in [3.63, 3.8) is 0 Å². The molecule has 6 heteroatoms. The van der Waals surface area contributed by atoms with Gasteiger partial charge in [0.25, 0.3) is 0 Å². The highest BCUT2D eigenvalue weighted by molar-refractivity contribution is 4.93. The van der Waals surface area contributed by atoms with Crippen molar-refractivity contribution in [3.05, 3.63) is 0 Å². The molecule has 0 aromatic carbocycles. The average Bonchev–Trinajstić information content (AvgIpc) is 2.77. The summed E-state index contributed by atoms with van der Waals surface area (Å²) in [7, 11) is 0. The number of hydrogen-bond donors (Lipinski definition) is 2. The van der Waals surface area contributed by atoms with Gasteiger partial charge in [-0.05, 0) is 27.7 Å². The Kier molecular flexibility index (Phi) is 3.70. The van der Waals surface area contributed by atoms with Gasteiger partial charge in [0.2, 0.25) is 0 Å². The second kappa shape index (κ2) is 4.70. The third-order valence-corrected chi connectivity index (χ3v) is 3.18. The number of nitrogens with two attached hydrogens (primary N) is 1. The summed E-state index contributed by atoms with van der Waals surface area (Å²) in [6, 6.07) is 0. The van der Waals surface area contributed by atoms with E-state index in [0.29, 0.717) is 6.61 Å². The van der Waals surface area contributed by atoms with Crippen LogP contribution in [0.5, 0.6) is 0 Å². The maximum atomic E-state index is 9.92. The molecule has 2 rings (SSSR count). The van der Waals surface area contributed by atoms with Crippen LogP contribution in [0.4, 0.5) is 0 Å². The SMILES string of the molecule is CC1(C)OCC(C2OC(C)(C)OC2C(O)CN)O1. The second-order valence-electron chi connectivity index (χ2n) is 5.73. The Bertz CT molecular complexity index is 307. The number of aliphatic hydroxyl groups is 1. The Morgan fingerprint density at radius 2 is 1.83 bits per heavy atom. The molecule has 0 saturated carbocycles. The van der Waals surface area contributed by atoms with Crippen LogP contribution in [0.15, 0.2) is 0 Å². The molecule has 2 aliphatic rings. The Morgan fingerprint density at radius 3 is 2.33 bits per heavy atom. The van der Waals surface area contributed by atoms with E-state index in [9.17, 15) is 5.11 Å². The molecule has 4 unspecified atom stereocenters. The van der Waals surface area contributed by atoms with E-state index in [4.69, 9.17) is 24.7 Å². The molecule has 2 aliphatic heterocycles. The van der Waals surface area contributed by atoms with Crippen molar-refractivity contribution in [2.45, 2.75) is 63.7 Å². The molecule has 0 aromatic heterocycles. The molecular formula is C12H23NO5. The van der Waals surface area contributed by atoms with Crippen molar-refractivity contribution in [2.75, 3.05) is 13.2 Å². The first-order chi connectivity index (χ1) is 8.24. The molecule has 0 spiro atoms. The molecule has 2 saturated heterocycles. The molecule has 0 amide bonds. The van der Waals surface area contributed by atoms with Crippen molar-refractivity contribution in [3.8, 4) is 0 Å². The topological polar surface area (TPSA) is 83.2 Å². The van der Waals surface area contributed by atoms with Crippen molar-refractivity contribution in [1.82, 2.24) is 0 Å². The minimum absolute atomic E-state index is 0.123. The Hall–Kier alpha value is -0.240. The highest BCUT2D eigenvalue weighted by Crippen LogP contribution is 2.36. The summed E-state index contributed by atoms with van der Waals surface area (Å²) in [5, 5.41) is 9.92.